The lowest BCUT2D eigenvalue weighted by Crippen LogP contribution is -2.11. The molecule has 6 nitrogen and oxygen atoms in total. The van der Waals surface area contributed by atoms with Crippen LogP contribution in [0.25, 0.3) is 0 Å². The smallest absolute Gasteiger partial charge is 0.303 e. The number of tetrazole rings is 1. The Morgan fingerprint density at radius 3 is 1.94 bits per heavy atom. The normalized spacial score (nSPS) is 11.7. The lowest BCUT2D eigenvalue weighted by atomic mass is 9.92. The number of carboxylic acid groups (broad SMARTS) is 1. The van der Waals surface area contributed by atoms with E-state index in [-0.39, 0.29) is 17.3 Å². The molecule has 0 radical (unpaired) electrons. The van der Waals surface area contributed by atoms with Gasteiger partial charge in [0.15, 0.2) is 5.82 Å². The third-order valence-corrected chi connectivity index (χ3v) is 1.76. The number of aromatic nitrogens is 4. The van der Waals surface area contributed by atoms with Gasteiger partial charge >= 0.3 is 5.97 Å². The maximum atomic E-state index is 10.0. The average Bonchev–Trinajstić information content (AvgIpc) is 2.48. The molecule has 104 valence electrons. The van der Waals surface area contributed by atoms with Gasteiger partial charge < -0.3 is 5.11 Å². The maximum Gasteiger partial charge on any atom is 0.303 e. The zero-order valence-electron chi connectivity index (χ0n) is 12.1. The van der Waals surface area contributed by atoms with Gasteiger partial charge in [-0.3, -0.25) is 4.79 Å². The molecule has 0 bridgehead atoms. The molecule has 0 aromatic carbocycles. The molecule has 1 aromatic rings. The van der Waals surface area contributed by atoms with E-state index in [2.05, 4.69) is 41.4 Å². The van der Waals surface area contributed by atoms with Crippen LogP contribution < -0.4 is 0 Å². The minimum absolute atomic E-state index is 0.0775. The number of H-pyrrole nitrogens is 1. The molecule has 0 saturated heterocycles. The van der Waals surface area contributed by atoms with Crippen molar-refractivity contribution >= 4 is 5.97 Å². The van der Waals surface area contributed by atoms with E-state index in [1.54, 1.807) is 0 Å². The highest BCUT2D eigenvalue weighted by Crippen LogP contribution is 2.17. The van der Waals surface area contributed by atoms with E-state index < -0.39 is 5.97 Å². The Balaban J connectivity index is 0.000000331. The van der Waals surface area contributed by atoms with Crippen molar-refractivity contribution in [1.29, 1.82) is 0 Å². The van der Waals surface area contributed by atoms with Gasteiger partial charge in [0.25, 0.3) is 0 Å². The first-order valence-electron chi connectivity index (χ1n) is 5.94. The van der Waals surface area contributed by atoms with Gasteiger partial charge in [0.2, 0.25) is 0 Å². The molecule has 1 rings (SSSR count). The molecule has 2 N–H and O–H groups in total. The van der Waals surface area contributed by atoms with Crippen molar-refractivity contribution < 1.29 is 9.90 Å². The van der Waals surface area contributed by atoms with Crippen LogP contribution in [0.1, 0.15) is 53.8 Å². The highest BCUT2D eigenvalue weighted by Gasteiger charge is 2.14. The molecule has 0 aliphatic carbocycles. The number of hydrogen-bond donors (Lipinski definition) is 2. The van der Waals surface area contributed by atoms with E-state index >= 15 is 0 Å². The fourth-order valence-corrected chi connectivity index (χ4v) is 1.19. The summed E-state index contributed by atoms with van der Waals surface area (Å²) in [7, 11) is 0. The lowest BCUT2D eigenvalue weighted by Gasteiger charge is -2.14. The number of carboxylic acids is 1. The van der Waals surface area contributed by atoms with Gasteiger partial charge in [0.1, 0.15) is 0 Å². The highest BCUT2D eigenvalue weighted by molar-refractivity contribution is 5.67. The van der Waals surface area contributed by atoms with Crippen molar-refractivity contribution in [3.8, 4) is 0 Å². The number of aliphatic carboxylic acids is 1. The molecular weight excluding hydrogens is 232 g/mol. The Hall–Kier alpha value is -1.46. The fraction of sp³-hybridized carbons (Fsp3) is 0.833. The Bertz CT molecular complexity index is 347. The van der Waals surface area contributed by atoms with Crippen LogP contribution >= 0.6 is 0 Å². The minimum atomic E-state index is -0.725. The summed E-state index contributed by atoms with van der Waals surface area (Å²) in [6, 6.07) is 0. The molecule has 0 atom stereocenters. The van der Waals surface area contributed by atoms with Crippen molar-refractivity contribution in [1.82, 2.24) is 20.6 Å². The van der Waals surface area contributed by atoms with Crippen LogP contribution in [0, 0.1) is 10.8 Å². The summed E-state index contributed by atoms with van der Waals surface area (Å²) in [5.74, 6) is 0.0602. The summed E-state index contributed by atoms with van der Waals surface area (Å²) < 4.78 is 0. The summed E-state index contributed by atoms with van der Waals surface area (Å²) in [6.45, 7) is 12.1. The van der Waals surface area contributed by atoms with Gasteiger partial charge in [-0.15, -0.1) is 10.2 Å². The molecule has 0 aliphatic heterocycles. The second-order valence-electron chi connectivity index (χ2n) is 6.70. The lowest BCUT2D eigenvalue weighted by molar-refractivity contribution is -0.139. The van der Waals surface area contributed by atoms with Gasteiger partial charge in [-0.05, 0) is 10.8 Å². The van der Waals surface area contributed by atoms with Crippen LogP contribution in [-0.2, 0) is 11.2 Å². The molecule has 0 fully saturated rings. The molecule has 0 aliphatic rings. The molecule has 0 spiro atoms. The van der Waals surface area contributed by atoms with Crippen LogP contribution in [0.4, 0.5) is 0 Å². The molecular formula is C12H24N4O2. The van der Waals surface area contributed by atoms with Gasteiger partial charge in [0, 0.05) is 6.42 Å². The Morgan fingerprint density at radius 1 is 1.17 bits per heavy atom. The minimum Gasteiger partial charge on any atom is -0.481 e. The van der Waals surface area contributed by atoms with Gasteiger partial charge in [-0.25, -0.2) is 0 Å². The van der Waals surface area contributed by atoms with Crippen LogP contribution in [0.5, 0.6) is 0 Å². The van der Waals surface area contributed by atoms with E-state index in [0.29, 0.717) is 0 Å². The van der Waals surface area contributed by atoms with Crippen LogP contribution in [-0.4, -0.2) is 31.7 Å². The van der Waals surface area contributed by atoms with Crippen molar-refractivity contribution in [2.75, 3.05) is 0 Å². The standard InChI is InChI=1S/C6H12N4.C6H12O2/c1-6(2,3)4-5-7-9-10-8-5;1-6(2,3)4-5(7)8/h4H2,1-3H3,(H,7,8,9,10);4H2,1-3H3,(H,7,8). The topological polar surface area (TPSA) is 91.8 Å². The summed E-state index contributed by atoms with van der Waals surface area (Å²) in [5, 5.41) is 21.8. The molecule has 0 amide bonds. The highest BCUT2D eigenvalue weighted by atomic mass is 16.4. The molecule has 0 saturated carbocycles. The number of rotatable bonds is 2. The third-order valence-electron chi connectivity index (χ3n) is 1.76. The molecule has 1 heterocycles. The summed E-state index contributed by atoms with van der Waals surface area (Å²) in [4.78, 5) is 10.0. The second kappa shape index (κ2) is 6.47. The zero-order chi connectivity index (χ0) is 14.4. The first-order valence-corrected chi connectivity index (χ1v) is 5.94. The Kier molecular flexibility index (Phi) is 5.94. The van der Waals surface area contributed by atoms with Crippen molar-refractivity contribution in [3.63, 3.8) is 0 Å². The van der Waals surface area contributed by atoms with Crippen LogP contribution in [0.15, 0.2) is 0 Å². The fourth-order valence-electron chi connectivity index (χ4n) is 1.19. The molecule has 6 heteroatoms. The predicted molar refractivity (Wildman–Crippen MR) is 69.0 cm³/mol. The second-order valence-corrected chi connectivity index (χ2v) is 6.70. The Morgan fingerprint density at radius 2 is 1.72 bits per heavy atom. The summed E-state index contributed by atoms with van der Waals surface area (Å²) in [5.41, 5.74) is 0.162. The first kappa shape index (κ1) is 16.5. The molecule has 0 unspecified atom stereocenters. The van der Waals surface area contributed by atoms with Crippen molar-refractivity contribution in [3.05, 3.63) is 5.82 Å². The predicted octanol–water partition coefficient (Wildman–Crippen LogP) is 2.30. The summed E-state index contributed by atoms with van der Waals surface area (Å²) >= 11 is 0. The quantitative estimate of drug-likeness (QED) is 0.847. The number of carbonyl (C=O) groups is 1. The zero-order valence-corrected chi connectivity index (χ0v) is 12.1. The van der Waals surface area contributed by atoms with E-state index in [9.17, 15) is 4.79 Å². The monoisotopic (exact) mass is 256 g/mol. The maximum absolute atomic E-state index is 10.0. The van der Waals surface area contributed by atoms with Crippen LogP contribution in [0.3, 0.4) is 0 Å². The number of nitrogens with one attached hydrogen (secondary N) is 1. The first-order chi connectivity index (χ1) is 7.99. The van der Waals surface area contributed by atoms with E-state index in [1.165, 1.54) is 0 Å². The molecule has 18 heavy (non-hydrogen) atoms. The number of nitrogens with zero attached hydrogens (tertiary/aromatic N) is 3. The number of aromatic amines is 1. The number of hydrogen-bond acceptors (Lipinski definition) is 4. The SMILES string of the molecule is CC(C)(C)CC(=O)O.CC(C)(C)Cc1nn[nH]n1. The van der Waals surface area contributed by atoms with Gasteiger partial charge in [-0.1, -0.05) is 46.8 Å². The summed E-state index contributed by atoms with van der Waals surface area (Å²) in [6.07, 6.45) is 1.11. The molecule has 1 aromatic heterocycles. The van der Waals surface area contributed by atoms with E-state index in [0.717, 1.165) is 12.2 Å². The van der Waals surface area contributed by atoms with E-state index in [1.807, 2.05) is 20.8 Å². The average molecular weight is 256 g/mol. The third kappa shape index (κ3) is 11.0. The van der Waals surface area contributed by atoms with Crippen molar-refractivity contribution in [2.45, 2.75) is 54.4 Å². The van der Waals surface area contributed by atoms with Crippen molar-refractivity contribution in [2.24, 2.45) is 10.8 Å². The van der Waals surface area contributed by atoms with Gasteiger partial charge in [-0.2, -0.15) is 5.21 Å². The van der Waals surface area contributed by atoms with Gasteiger partial charge in [0.05, 0.1) is 6.42 Å². The largest absolute Gasteiger partial charge is 0.481 e. The van der Waals surface area contributed by atoms with E-state index in [4.69, 9.17) is 5.11 Å². The van der Waals surface area contributed by atoms with Crippen LogP contribution in [0.2, 0.25) is 0 Å². The Labute approximate surface area is 108 Å².